The zero-order valence-electron chi connectivity index (χ0n) is 16.3. The highest BCUT2D eigenvalue weighted by molar-refractivity contribution is 5.86. The van der Waals surface area contributed by atoms with Gasteiger partial charge >= 0.3 is 0 Å². The van der Waals surface area contributed by atoms with Crippen LogP contribution in [0.1, 0.15) is 17.6 Å². The SMILES string of the molecule is COCC1OC(n2cnc3c(Nc4ccc(O)cc4C)nc(C)nc32)C(O)C1O. The summed E-state index contributed by atoms with van der Waals surface area (Å²) in [5.41, 5.74) is 2.56. The predicted octanol–water partition coefficient (Wildman–Crippen LogP) is 1.16. The van der Waals surface area contributed by atoms with Crippen LogP contribution in [-0.4, -0.2) is 66.9 Å². The molecule has 154 valence electrons. The lowest BCUT2D eigenvalue weighted by Crippen LogP contribution is -2.33. The summed E-state index contributed by atoms with van der Waals surface area (Å²) in [6, 6.07) is 4.98. The minimum absolute atomic E-state index is 0.155. The standard InChI is InChI=1S/C19H23N5O5/c1-9-6-11(25)4-5-12(9)23-17-14-18(22-10(2)21-17)24(8-20-14)19-16(27)15(26)13(29-19)7-28-3/h4-6,8,13,15-16,19,25-27H,7H2,1-3H3,(H,21,22,23). The van der Waals surface area contributed by atoms with Gasteiger partial charge in [0.1, 0.15) is 29.9 Å². The summed E-state index contributed by atoms with van der Waals surface area (Å²) in [6.45, 7) is 3.77. The second kappa shape index (κ2) is 7.56. The first-order chi connectivity index (χ1) is 13.9. The number of aromatic hydroxyl groups is 1. The second-order valence-corrected chi connectivity index (χ2v) is 7.07. The number of methoxy groups -OCH3 is 1. The van der Waals surface area contributed by atoms with E-state index in [1.54, 1.807) is 29.7 Å². The lowest BCUT2D eigenvalue weighted by molar-refractivity contribution is -0.0580. The number of aryl methyl sites for hydroxylation is 2. The number of nitrogens with one attached hydrogen (secondary N) is 1. The molecule has 10 heteroatoms. The number of nitrogens with zero attached hydrogens (tertiary/aromatic N) is 4. The monoisotopic (exact) mass is 401 g/mol. The summed E-state index contributed by atoms with van der Waals surface area (Å²) in [5.74, 6) is 1.17. The van der Waals surface area contributed by atoms with Crippen molar-refractivity contribution in [2.24, 2.45) is 0 Å². The van der Waals surface area contributed by atoms with Gasteiger partial charge in [-0.05, 0) is 37.6 Å². The van der Waals surface area contributed by atoms with E-state index in [4.69, 9.17) is 9.47 Å². The molecule has 0 spiro atoms. The summed E-state index contributed by atoms with van der Waals surface area (Å²) < 4.78 is 12.4. The molecule has 4 atom stereocenters. The van der Waals surface area contributed by atoms with Gasteiger partial charge < -0.3 is 30.1 Å². The Morgan fingerprint density at radius 1 is 1.21 bits per heavy atom. The number of aromatic nitrogens is 4. The maximum absolute atomic E-state index is 10.5. The molecule has 1 aromatic carbocycles. The summed E-state index contributed by atoms with van der Waals surface area (Å²) in [4.78, 5) is 13.3. The molecular formula is C19H23N5O5. The lowest BCUT2D eigenvalue weighted by atomic mass is 10.1. The van der Waals surface area contributed by atoms with Crippen molar-refractivity contribution in [3.05, 3.63) is 35.9 Å². The van der Waals surface area contributed by atoms with Crippen molar-refractivity contribution in [3.8, 4) is 5.75 Å². The Balaban J connectivity index is 1.72. The largest absolute Gasteiger partial charge is 0.508 e. The van der Waals surface area contributed by atoms with E-state index in [9.17, 15) is 15.3 Å². The van der Waals surface area contributed by atoms with E-state index in [0.29, 0.717) is 22.8 Å². The number of aliphatic hydroxyl groups is 2. The molecule has 0 radical (unpaired) electrons. The smallest absolute Gasteiger partial charge is 0.167 e. The molecule has 0 bridgehead atoms. The molecular weight excluding hydrogens is 378 g/mol. The quantitative estimate of drug-likeness (QED) is 0.464. The van der Waals surface area contributed by atoms with Crippen molar-refractivity contribution in [2.75, 3.05) is 19.0 Å². The van der Waals surface area contributed by atoms with Crippen LogP contribution < -0.4 is 5.32 Å². The molecule has 1 fully saturated rings. The fourth-order valence-corrected chi connectivity index (χ4v) is 3.48. The van der Waals surface area contributed by atoms with Crippen LogP contribution in [0.25, 0.3) is 11.2 Å². The second-order valence-electron chi connectivity index (χ2n) is 7.07. The van der Waals surface area contributed by atoms with E-state index in [2.05, 4.69) is 20.3 Å². The predicted molar refractivity (Wildman–Crippen MR) is 104 cm³/mol. The number of anilines is 2. The maximum Gasteiger partial charge on any atom is 0.167 e. The Morgan fingerprint density at radius 3 is 2.72 bits per heavy atom. The average molecular weight is 401 g/mol. The first kappa shape index (κ1) is 19.5. The Morgan fingerprint density at radius 2 is 2.00 bits per heavy atom. The molecule has 4 unspecified atom stereocenters. The highest BCUT2D eigenvalue weighted by atomic mass is 16.6. The third kappa shape index (κ3) is 3.51. The van der Waals surface area contributed by atoms with Crippen molar-refractivity contribution in [1.82, 2.24) is 19.5 Å². The number of phenolic OH excluding ortho intramolecular Hbond substituents is 1. The van der Waals surface area contributed by atoms with Gasteiger partial charge in [0.05, 0.1) is 12.9 Å². The number of benzene rings is 1. The van der Waals surface area contributed by atoms with Crippen LogP contribution in [0.2, 0.25) is 0 Å². The minimum atomic E-state index is -1.15. The van der Waals surface area contributed by atoms with Gasteiger partial charge in [0.15, 0.2) is 23.2 Å². The number of imidazole rings is 1. The van der Waals surface area contributed by atoms with Gasteiger partial charge in [-0.2, -0.15) is 0 Å². The number of hydrogen-bond donors (Lipinski definition) is 4. The molecule has 3 heterocycles. The first-order valence-corrected chi connectivity index (χ1v) is 9.17. The fourth-order valence-electron chi connectivity index (χ4n) is 3.48. The summed E-state index contributed by atoms with van der Waals surface area (Å²) >= 11 is 0. The highest BCUT2D eigenvalue weighted by Gasteiger charge is 2.44. The van der Waals surface area contributed by atoms with E-state index in [1.807, 2.05) is 6.92 Å². The van der Waals surface area contributed by atoms with Crippen LogP contribution in [0.3, 0.4) is 0 Å². The first-order valence-electron chi connectivity index (χ1n) is 9.17. The molecule has 1 aliphatic rings. The molecule has 10 nitrogen and oxygen atoms in total. The number of hydrogen-bond acceptors (Lipinski definition) is 9. The van der Waals surface area contributed by atoms with Crippen LogP contribution in [0.4, 0.5) is 11.5 Å². The van der Waals surface area contributed by atoms with Gasteiger partial charge in [0, 0.05) is 12.8 Å². The average Bonchev–Trinajstić information content (AvgIpc) is 3.20. The van der Waals surface area contributed by atoms with Crippen LogP contribution in [-0.2, 0) is 9.47 Å². The Hall–Kier alpha value is -2.79. The van der Waals surface area contributed by atoms with Crippen LogP contribution in [0.5, 0.6) is 5.75 Å². The zero-order valence-corrected chi connectivity index (χ0v) is 16.3. The number of rotatable bonds is 5. The summed E-state index contributed by atoms with van der Waals surface area (Å²) in [5, 5.41) is 33.5. The van der Waals surface area contributed by atoms with Crippen molar-refractivity contribution < 1.29 is 24.8 Å². The Labute approximate surface area is 166 Å². The maximum atomic E-state index is 10.5. The number of aliphatic hydroxyl groups excluding tert-OH is 2. The van der Waals surface area contributed by atoms with Gasteiger partial charge in [0.2, 0.25) is 0 Å². The fraction of sp³-hybridized carbons (Fsp3) is 0.421. The lowest BCUT2D eigenvalue weighted by Gasteiger charge is -2.17. The molecule has 0 amide bonds. The van der Waals surface area contributed by atoms with Crippen LogP contribution in [0.15, 0.2) is 24.5 Å². The molecule has 29 heavy (non-hydrogen) atoms. The van der Waals surface area contributed by atoms with Gasteiger partial charge in [-0.1, -0.05) is 0 Å². The Bertz CT molecular complexity index is 1040. The van der Waals surface area contributed by atoms with Crippen LogP contribution in [0, 0.1) is 13.8 Å². The molecule has 1 aliphatic heterocycles. The normalized spacial score (nSPS) is 24.3. The number of phenols is 1. The zero-order chi connectivity index (χ0) is 20.7. The van der Waals surface area contributed by atoms with Gasteiger partial charge in [0.25, 0.3) is 0 Å². The molecule has 3 aromatic rings. The summed E-state index contributed by atoms with van der Waals surface area (Å²) in [7, 11) is 1.50. The van der Waals surface area contributed by atoms with Gasteiger partial charge in [-0.3, -0.25) is 4.57 Å². The molecule has 0 saturated carbocycles. The van der Waals surface area contributed by atoms with E-state index in [-0.39, 0.29) is 12.4 Å². The van der Waals surface area contributed by atoms with Crippen LogP contribution >= 0.6 is 0 Å². The molecule has 2 aromatic heterocycles. The van der Waals surface area contributed by atoms with E-state index >= 15 is 0 Å². The third-order valence-electron chi connectivity index (χ3n) is 4.94. The van der Waals surface area contributed by atoms with E-state index < -0.39 is 24.5 Å². The minimum Gasteiger partial charge on any atom is -0.508 e. The van der Waals surface area contributed by atoms with Gasteiger partial charge in [-0.25, -0.2) is 15.0 Å². The van der Waals surface area contributed by atoms with Crippen molar-refractivity contribution >= 4 is 22.7 Å². The number of fused-ring (bicyclic) bond motifs is 1. The van der Waals surface area contributed by atoms with Crippen molar-refractivity contribution in [1.29, 1.82) is 0 Å². The highest BCUT2D eigenvalue weighted by Crippen LogP contribution is 2.33. The topological polar surface area (TPSA) is 135 Å². The molecule has 4 rings (SSSR count). The molecule has 4 N–H and O–H groups in total. The Kier molecular flexibility index (Phi) is 5.09. The van der Waals surface area contributed by atoms with Gasteiger partial charge in [-0.15, -0.1) is 0 Å². The van der Waals surface area contributed by atoms with E-state index in [1.165, 1.54) is 13.4 Å². The van der Waals surface area contributed by atoms with E-state index in [0.717, 1.165) is 11.3 Å². The number of ether oxygens (including phenoxy) is 2. The summed E-state index contributed by atoms with van der Waals surface area (Å²) in [6.07, 6.45) is -2.25. The van der Waals surface area contributed by atoms with Crippen molar-refractivity contribution in [2.45, 2.75) is 38.4 Å². The third-order valence-corrected chi connectivity index (χ3v) is 4.94. The van der Waals surface area contributed by atoms with Crippen molar-refractivity contribution in [3.63, 3.8) is 0 Å². The molecule has 0 aliphatic carbocycles. The molecule has 1 saturated heterocycles.